The molecule has 4 heteroatoms. The fourth-order valence-electron chi connectivity index (χ4n) is 2.68. The Morgan fingerprint density at radius 3 is 2.42 bits per heavy atom. The fraction of sp³-hybridized carbons (Fsp3) is 0.533. The summed E-state index contributed by atoms with van der Waals surface area (Å²) in [6.07, 6.45) is 5.13. The van der Waals surface area contributed by atoms with Crippen molar-refractivity contribution in [2.75, 3.05) is 6.61 Å². The van der Waals surface area contributed by atoms with Gasteiger partial charge in [0.25, 0.3) is 0 Å². The lowest BCUT2D eigenvalue weighted by molar-refractivity contribution is -0.123. The standard InChI is InChI=1S/C15H20FNO2/c16-13-6-4-12(5-7-13)10-14(19)17-15(11-18)8-2-1-3-9-15/h4-7,18H,1-3,8-11H2,(H,17,19). The maximum absolute atomic E-state index is 12.8. The first-order chi connectivity index (χ1) is 9.13. The molecule has 0 spiro atoms. The predicted octanol–water partition coefficient (Wildman–Crippen LogP) is 2.18. The Hall–Kier alpha value is -1.42. The Bertz CT molecular complexity index is 424. The van der Waals surface area contributed by atoms with E-state index in [9.17, 15) is 14.3 Å². The van der Waals surface area contributed by atoms with Crippen LogP contribution in [0, 0.1) is 5.82 Å². The molecule has 19 heavy (non-hydrogen) atoms. The van der Waals surface area contributed by atoms with Crippen LogP contribution < -0.4 is 5.32 Å². The van der Waals surface area contributed by atoms with Crippen LogP contribution in [-0.4, -0.2) is 23.2 Å². The summed E-state index contributed by atoms with van der Waals surface area (Å²) < 4.78 is 12.8. The first kappa shape index (κ1) is 14.0. The van der Waals surface area contributed by atoms with Gasteiger partial charge in [-0.25, -0.2) is 4.39 Å². The van der Waals surface area contributed by atoms with Crippen molar-refractivity contribution < 1.29 is 14.3 Å². The molecule has 2 rings (SSSR count). The third-order valence-corrected chi connectivity index (χ3v) is 3.80. The van der Waals surface area contributed by atoms with Crippen molar-refractivity contribution in [1.29, 1.82) is 0 Å². The number of hydrogen-bond acceptors (Lipinski definition) is 2. The highest BCUT2D eigenvalue weighted by Gasteiger charge is 2.32. The molecule has 0 saturated heterocycles. The van der Waals surface area contributed by atoms with Gasteiger partial charge in [0.2, 0.25) is 5.91 Å². The van der Waals surface area contributed by atoms with E-state index in [0.29, 0.717) is 0 Å². The molecule has 0 heterocycles. The molecule has 0 aliphatic heterocycles. The molecule has 2 N–H and O–H groups in total. The molecule has 1 aliphatic carbocycles. The fourth-order valence-corrected chi connectivity index (χ4v) is 2.68. The van der Waals surface area contributed by atoms with Crippen LogP contribution >= 0.6 is 0 Å². The number of benzene rings is 1. The highest BCUT2D eigenvalue weighted by atomic mass is 19.1. The molecule has 0 atom stereocenters. The SMILES string of the molecule is O=C(Cc1ccc(F)cc1)NC1(CO)CCCCC1. The summed E-state index contributed by atoms with van der Waals surface area (Å²) in [6, 6.07) is 5.93. The number of hydrogen-bond donors (Lipinski definition) is 2. The van der Waals surface area contributed by atoms with E-state index >= 15 is 0 Å². The molecule has 0 bridgehead atoms. The minimum absolute atomic E-state index is 0.0117. The molecule has 1 fully saturated rings. The van der Waals surface area contributed by atoms with Crippen LogP contribution in [0.1, 0.15) is 37.7 Å². The molecule has 1 aromatic rings. The zero-order valence-corrected chi connectivity index (χ0v) is 11.0. The minimum atomic E-state index is -0.449. The Morgan fingerprint density at radius 1 is 1.21 bits per heavy atom. The van der Waals surface area contributed by atoms with Crippen LogP contribution in [0.3, 0.4) is 0 Å². The molecule has 104 valence electrons. The van der Waals surface area contributed by atoms with Crippen LogP contribution in [0.15, 0.2) is 24.3 Å². The average Bonchev–Trinajstić information content (AvgIpc) is 2.42. The predicted molar refractivity (Wildman–Crippen MR) is 71.1 cm³/mol. The first-order valence-corrected chi connectivity index (χ1v) is 6.80. The molecule has 1 saturated carbocycles. The quantitative estimate of drug-likeness (QED) is 0.876. The Morgan fingerprint density at radius 2 is 1.84 bits per heavy atom. The van der Waals surface area contributed by atoms with Gasteiger partial charge in [-0.15, -0.1) is 0 Å². The largest absolute Gasteiger partial charge is 0.394 e. The summed E-state index contributed by atoms with van der Waals surface area (Å²) in [6.45, 7) is -0.0117. The summed E-state index contributed by atoms with van der Waals surface area (Å²) >= 11 is 0. The van der Waals surface area contributed by atoms with Crippen molar-refractivity contribution >= 4 is 5.91 Å². The molecular formula is C15H20FNO2. The second-order valence-electron chi connectivity index (χ2n) is 5.35. The molecule has 3 nitrogen and oxygen atoms in total. The van der Waals surface area contributed by atoms with Gasteiger partial charge in [0.15, 0.2) is 0 Å². The summed E-state index contributed by atoms with van der Waals surface area (Å²) in [5, 5.41) is 12.5. The number of rotatable bonds is 4. The van der Waals surface area contributed by atoms with E-state index in [0.717, 1.165) is 37.7 Å². The third-order valence-electron chi connectivity index (χ3n) is 3.80. The Labute approximate surface area is 112 Å². The molecule has 0 aromatic heterocycles. The second kappa shape index (κ2) is 6.15. The molecule has 0 radical (unpaired) electrons. The molecule has 1 aromatic carbocycles. The van der Waals surface area contributed by atoms with E-state index in [1.54, 1.807) is 12.1 Å². The van der Waals surface area contributed by atoms with Gasteiger partial charge in [0.05, 0.1) is 18.6 Å². The molecular weight excluding hydrogens is 245 g/mol. The maximum Gasteiger partial charge on any atom is 0.224 e. The van der Waals surface area contributed by atoms with Gasteiger partial charge in [-0.2, -0.15) is 0 Å². The summed E-state index contributed by atoms with van der Waals surface area (Å²) in [7, 11) is 0. The van der Waals surface area contributed by atoms with Crippen molar-refractivity contribution in [1.82, 2.24) is 5.32 Å². The van der Waals surface area contributed by atoms with Crippen LogP contribution in [0.4, 0.5) is 4.39 Å². The number of nitrogens with one attached hydrogen (secondary N) is 1. The van der Waals surface area contributed by atoms with Crippen molar-refractivity contribution in [2.45, 2.75) is 44.1 Å². The van der Waals surface area contributed by atoms with Gasteiger partial charge >= 0.3 is 0 Å². The topological polar surface area (TPSA) is 49.3 Å². The van der Waals surface area contributed by atoms with Crippen molar-refractivity contribution in [3.05, 3.63) is 35.6 Å². The minimum Gasteiger partial charge on any atom is -0.394 e. The van der Waals surface area contributed by atoms with Crippen LogP contribution in [0.25, 0.3) is 0 Å². The van der Waals surface area contributed by atoms with Gasteiger partial charge in [0.1, 0.15) is 5.82 Å². The first-order valence-electron chi connectivity index (χ1n) is 6.80. The monoisotopic (exact) mass is 265 g/mol. The van der Waals surface area contributed by atoms with E-state index in [1.807, 2.05) is 0 Å². The number of aliphatic hydroxyl groups is 1. The maximum atomic E-state index is 12.8. The zero-order valence-electron chi connectivity index (χ0n) is 11.0. The summed E-state index contributed by atoms with van der Waals surface area (Å²) in [4.78, 5) is 12.0. The van der Waals surface area contributed by atoms with Gasteiger partial charge in [-0.3, -0.25) is 4.79 Å². The van der Waals surface area contributed by atoms with Crippen LogP contribution in [0.2, 0.25) is 0 Å². The Kier molecular flexibility index (Phi) is 4.53. The number of carbonyl (C=O) groups is 1. The van der Waals surface area contributed by atoms with Crippen LogP contribution in [0.5, 0.6) is 0 Å². The highest BCUT2D eigenvalue weighted by molar-refractivity contribution is 5.79. The number of halogens is 1. The lowest BCUT2D eigenvalue weighted by Crippen LogP contribution is -2.52. The number of aliphatic hydroxyl groups excluding tert-OH is 1. The summed E-state index contributed by atoms with van der Waals surface area (Å²) in [5.74, 6) is -0.411. The summed E-state index contributed by atoms with van der Waals surface area (Å²) in [5.41, 5.74) is 0.331. The van der Waals surface area contributed by atoms with E-state index < -0.39 is 5.54 Å². The van der Waals surface area contributed by atoms with Crippen LogP contribution in [-0.2, 0) is 11.2 Å². The number of amides is 1. The van der Waals surface area contributed by atoms with Gasteiger partial charge in [-0.1, -0.05) is 31.4 Å². The van der Waals surface area contributed by atoms with Crippen molar-refractivity contribution in [3.8, 4) is 0 Å². The Balaban J connectivity index is 1.94. The lowest BCUT2D eigenvalue weighted by atomic mass is 9.82. The molecule has 0 unspecified atom stereocenters. The second-order valence-corrected chi connectivity index (χ2v) is 5.35. The zero-order chi connectivity index (χ0) is 13.7. The van der Waals surface area contributed by atoms with E-state index in [1.165, 1.54) is 12.1 Å². The lowest BCUT2D eigenvalue weighted by Gasteiger charge is -2.36. The highest BCUT2D eigenvalue weighted by Crippen LogP contribution is 2.27. The normalized spacial score (nSPS) is 18.0. The average molecular weight is 265 g/mol. The van der Waals surface area contributed by atoms with Gasteiger partial charge < -0.3 is 10.4 Å². The van der Waals surface area contributed by atoms with E-state index in [2.05, 4.69) is 5.32 Å². The molecule has 1 amide bonds. The third kappa shape index (κ3) is 3.77. The smallest absolute Gasteiger partial charge is 0.224 e. The molecule has 1 aliphatic rings. The van der Waals surface area contributed by atoms with Gasteiger partial charge in [-0.05, 0) is 30.5 Å². The van der Waals surface area contributed by atoms with E-state index in [4.69, 9.17) is 0 Å². The van der Waals surface area contributed by atoms with Crippen molar-refractivity contribution in [2.24, 2.45) is 0 Å². The van der Waals surface area contributed by atoms with Gasteiger partial charge in [0, 0.05) is 0 Å². The number of carbonyl (C=O) groups excluding carboxylic acids is 1. The van der Waals surface area contributed by atoms with Crippen molar-refractivity contribution in [3.63, 3.8) is 0 Å². The van der Waals surface area contributed by atoms with E-state index in [-0.39, 0.29) is 24.8 Å².